The number of nitrogens with one attached hydrogen (secondary N) is 1. The van der Waals surface area contributed by atoms with E-state index in [4.69, 9.17) is 5.11 Å². The molecule has 1 aromatic heterocycles. The molecule has 0 unspecified atom stereocenters. The van der Waals surface area contributed by atoms with Crippen molar-refractivity contribution in [1.82, 2.24) is 20.1 Å². The number of amides is 1. The molecule has 1 heterocycles. The fraction of sp³-hybridized carbons (Fsp3) is 0.0909. The van der Waals surface area contributed by atoms with E-state index in [1.165, 1.54) is 30.9 Å². The number of carboxylic acids is 1. The van der Waals surface area contributed by atoms with Crippen molar-refractivity contribution >= 4 is 22.6 Å². The van der Waals surface area contributed by atoms with Crippen molar-refractivity contribution in [2.75, 3.05) is 0 Å². The zero-order valence-corrected chi connectivity index (χ0v) is 16.2. The number of phenolic OH excluding ortho intramolecular Hbond substituents is 2. The minimum Gasteiger partial charge on any atom is -0.507 e. The molecule has 1 amide bonds. The van der Waals surface area contributed by atoms with Crippen molar-refractivity contribution in [3.8, 4) is 11.5 Å². The van der Waals surface area contributed by atoms with Crippen LogP contribution in [0.4, 0.5) is 0 Å². The summed E-state index contributed by atoms with van der Waals surface area (Å²) in [5.74, 6) is -1.59. The molecule has 0 saturated heterocycles. The molecular formula is C22H18N4O5. The van der Waals surface area contributed by atoms with Crippen molar-refractivity contribution in [2.24, 2.45) is 0 Å². The minimum atomic E-state index is -1.03. The summed E-state index contributed by atoms with van der Waals surface area (Å²) >= 11 is 0. The number of aromatic hydroxyl groups is 2. The number of carboxylic acid groups (broad SMARTS) is 1. The normalized spacial score (nSPS) is 10.8. The Kier molecular flexibility index (Phi) is 5.23. The van der Waals surface area contributed by atoms with Crippen LogP contribution >= 0.6 is 0 Å². The van der Waals surface area contributed by atoms with Gasteiger partial charge in [-0.2, -0.15) is 0 Å². The highest BCUT2D eigenvalue weighted by molar-refractivity contribution is 6.01. The first kappa shape index (κ1) is 19.9. The first-order chi connectivity index (χ1) is 14.9. The second kappa shape index (κ2) is 8.15. The lowest BCUT2D eigenvalue weighted by Crippen LogP contribution is -2.25. The SMILES string of the molecule is O=C(O)c1ccc(Cc2c(O)cc3ccc(C(=O)NCn4cnnc4)cc3c2O)cc1. The van der Waals surface area contributed by atoms with Gasteiger partial charge in [-0.25, -0.2) is 4.79 Å². The molecule has 0 spiro atoms. The summed E-state index contributed by atoms with van der Waals surface area (Å²) < 4.78 is 1.60. The molecule has 9 nitrogen and oxygen atoms in total. The van der Waals surface area contributed by atoms with E-state index in [0.29, 0.717) is 16.3 Å². The number of aromatic carboxylic acids is 1. The van der Waals surface area contributed by atoms with Crippen molar-refractivity contribution in [2.45, 2.75) is 13.1 Å². The van der Waals surface area contributed by atoms with Crippen LogP contribution in [0.15, 0.2) is 61.2 Å². The molecule has 156 valence electrons. The Hall–Kier alpha value is -4.40. The summed E-state index contributed by atoms with van der Waals surface area (Å²) in [6.45, 7) is 0.197. The van der Waals surface area contributed by atoms with Crippen LogP contribution in [0.1, 0.15) is 31.8 Å². The van der Waals surface area contributed by atoms with E-state index in [-0.39, 0.29) is 41.6 Å². The fourth-order valence-corrected chi connectivity index (χ4v) is 3.26. The van der Waals surface area contributed by atoms with Crippen LogP contribution < -0.4 is 5.32 Å². The molecular weight excluding hydrogens is 400 g/mol. The van der Waals surface area contributed by atoms with Crippen molar-refractivity contribution < 1.29 is 24.9 Å². The van der Waals surface area contributed by atoms with Gasteiger partial charge in [0.2, 0.25) is 0 Å². The maximum atomic E-state index is 12.5. The van der Waals surface area contributed by atoms with Gasteiger partial charge in [-0.3, -0.25) is 4.79 Å². The molecule has 31 heavy (non-hydrogen) atoms. The monoisotopic (exact) mass is 418 g/mol. The van der Waals surface area contributed by atoms with E-state index in [0.717, 1.165) is 5.56 Å². The molecule has 0 aliphatic carbocycles. The van der Waals surface area contributed by atoms with Gasteiger partial charge < -0.3 is 25.2 Å². The second-order valence-corrected chi connectivity index (χ2v) is 6.98. The van der Waals surface area contributed by atoms with E-state index < -0.39 is 5.97 Å². The van der Waals surface area contributed by atoms with E-state index in [1.807, 2.05) is 0 Å². The Morgan fingerprint density at radius 2 is 1.61 bits per heavy atom. The van der Waals surface area contributed by atoms with Crippen molar-refractivity contribution in [3.05, 3.63) is 83.4 Å². The van der Waals surface area contributed by atoms with Crippen LogP contribution in [0.5, 0.6) is 11.5 Å². The molecule has 0 atom stereocenters. The highest BCUT2D eigenvalue weighted by atomic mass is 16.4. The lowest BCUT2D eigenvalue weighted by Gasteiger charge is -2.12. The van der Waals surface area contributed by atoms with E-state index >= 15 is 0 Å². The van der Waals surface area contributed by atoms with Gasteiger partial charge in [0.1, 0.15) is 24.2 Å². The Balaban J connectivity index is 1.62. The Morgan fingerprint density at radius 3 is 2.29 bits per heavy atom. The van der Waals surface area contributed by atoms with Gasteiger partial charge in [0, 0.05) is 22.9 Å². The number of hydrogen-bond acceptors (Lipinski definition) is 6. The first-order valence-electron chi connectivity index (χ1n) is 9.33. The molecule has 4 rings (SSSR count). The quantitative estimate of drug-likeness (QED) is 0.377. The average Bonchev–Trinajstić information content (AvgIpc) is 3.29. The third-order valence-electron chi connectivity index (χ3n) is 4.93. The fourth-order valence-electron chi connectivity index (χ4n) is 3.26. The van der Waals surface area contributed by atoms with E-state index in [9.17, 15) is 19.8 Å². The highest BCUT2D eigenvalue weighted by Gasteiger charge is 2.16. The predicted octanol–water partition coefficient (Wildman–Crippen LogP) is 2.52. The number of aromatic nitrogens is 3. The molecule has 9 heteroatoms. The van der Waals surface area contributed by atoms with Crippen molar-refractivity contribution in [3.63, 3.8) is 0 Å². The number of hydrogen-bond donors (Lipinski definition) is 4. The van der Waals surface area contributed by atoms with Gasteiger partial charge in [-0.15, -0.1) is 10.2 Å². The summed E-state index contributed by atoms with van der Waals surface area (Å²) in [6, 6.07) is 12.5. The van der Waals surface area contributed by atoms with E-state index in [2.05, 4.69) is 15.5 Å². The average molecular weight is 418 g/mol. The molecule has 0 aliphatic heterocycles. The summed E-state index contributed by atoms with van der Waals surface area (Å²) in [5.41, 5.74) is 1.51. The van der Waals surface area contributed by atoms with Gasteiger partial charge in [-0.05, 0) is 41.3 Å². The van der Waals surface area contributed by atoms with Crippen LogP contribution in [0.2, 0.25) is 0 Å². The zero-order chi connectivity index (χ0) is 22.0. The van der Waals surface area contributed by atoms with Gasteiger partial charge in [0.25, 0.3) is 5.91 Å². The van der Waals surface area contributed by atoms with Gasteiger partial charge >= 0.3 is 5.97 Å². The number of rotatable bonds is 6. The molecule has 4 N–H and O–H groups in total. The Labute approximate surface area is 176 Å². The third-order valence-corrected chi connectivity index (χ3v) is 4.93. The number of carbonyl (C=O) groups is 2. The molecule has 0 fully saturated rings. The summed E-state index contributed by atoms with van der Waals surface area (Å²) in [5, 5.41) is 41.3. The number of phenols is 2. The molecule has 0 radical (unpaired) electrons. The lowest BCUT2D eigenvalue weighted by molar-refractivity contribution is 0.0696. The molecule has 4 aromatic rings. The molecule has 0 saturated carbocycles. The van der Waals surface area contributed by atoms with Crippen LogP contribution in [0.25, 0.3) is 10.8 Å². The number of fused-ring (bicyclic) bond motifs is 1. The van der Waals surface area contributed by atoms with Crippen molar-refractivity contribution in [1.29, 1.82) is 0 Å². The third kappa shape index (κ3) is 4.15. The van der Waals surface area contributed by atoms with Crippen LogP contribution in [0, 0.1) is 0 Å². The predicted molar refractivity (Wildman–Crippen MR) is 111 cm³/mol. The first-order valence-corrected chi connectivity index (χ1v) is 9.33. The van der Waals surface area contributed by atoms with Crippen LogP contribution in [-0.2, 0) is 13.1 Å². The largest absolute Gasteiger partial charge is 0.507 e. The van der Waals surface area contributed by atoms with Crippen LogP contribution in [0.3, 0.4) is 0 Å². The Bertz CT molecular complexity index is 1270. The summed E-state index contributed by atoms with van der Waals surface area (Å²) in [6.07, 6.45) is 3.15. The topological polar surface area (TPSA) is 138 Å². The number of benzene rings is 3. The highest BCUT2D eigenvalue weighted by Crippen LogP contribution is 2.37. The molecule has 0 bridgehead atoms. The number of nitrogens with zero attached hydrogens (tertiary/aromatic N) is 3. The second-order valence-electron chi connectivity index (χ2n) is 6.98. The maximum Gasteiger partial charge on any atom is 0.335 e. The maximum absolute atomic E-state index is 12.5. The summed E-state index contributed by atoms with van der Waals surface area (Å²) in [7, 11) is 0. The lowest BCUT2D eigenvalue weighted by atomic mass is 9.97. The van der Waals surface area contributed by atoms with Gasteiger partial charge in [0.15, 0.2) is 0 Å². The van der Waals surface area contributed by atoms with E-state index in [1.54, 1.807) is 34.9 Å². The number of carbonyl (C=O) groups excluding carboxylic acids is 1. The van der Waals surface area contributed by atoms with Crippen LogP contribution in [-0.4, -0.2) is 42.0 Å². The minimum absolute atomic E-state index is 0.0860. The standard InChI is InChI=1S/C22H18N4O5/c27-19-9-15-5-6-16(21(29)23-10-26-11-24-25-12-26)8-17(15)20(28)18(19)7-13-1-3-14(4-2-13)22(30)31/h1-6,8-9,11-12,27-28H,7,10H2,(H,23,29)(H,30,31). The molecule has 3 aromatic carbocycles. The zero-order valence-electron chi connectivity index (χ0n) is 16.2. The summed E-state index contributed by atoms with van der Waals surface area (Å²) in [4.78, 5) is 23.5. The smallest absolute Gasteiger partial charge is 0.335 e. The van der Waals surface area contributed by atoms with Gasteiger partial charge in [-0.1, -0.05) is 18.2 Å². The molecule has 0 aliphatic rings. The Morgan fingerprint density at radius 1 is 0.935 bits per heavy atom. The van der Waals surface area contributed by atoms with Gasteiger partial charge in [0.05, 0.1) is 12.2 Å².